The second kappa shape index (κ2) is 7.29. The summed E-state index contributed by atoms with van der Waals surface area (Å²) in [4.78, 5) is 0. The Balaban J connectivity index is 2.45. The number of hydrogen-bond acceptors (Lipinski definition) is 2. The molecule has 0 saturated heterocycles. The molecule has 0 aliphatic carbocycles. The van der Waals surface area contributed by atoms with Crippen LogP contribution in [0.5, 0.6) is 0 Å². The number of hydrogen-bond donors (Lipinski definition) is 1. The maximum atomic E-state index is 9.32. The van der Waals surface area contributed by atoms with Crippen LogP contribution in [0.2, 0.25) is 0 Å². The highest BCUT2D eigenvalue weighted by atomic mass is 16.3. The molecule has 1 aromatic rings. The van der Waals surface area contributed by atoms with Gasteiger partial charge in [-0.1, -0.05) is 32.8 Å². The van der Waals surface area contributed by atoms with Crippen LogP contribution in [-0.2, 0) is 0 Å². The Morgan fingerprint density at radius 3 is 2.88 bits per heavy atom. The Morgan fingerprint density at radius 1 is 1.50 bits per heavy atom. The van der Waals surface area contributed by atoms with E-state index in [1.54, 1.807) is 6.26 Å². The Hall–Kier alpha value is -1.02. The summed E-state index contributed by atoms with van der Waals surface area (Å²) >= 11 is 0. The van der Waals surface area contributed by atoms with Gasteiger partial charge in [0.1, 0.15) is 5.76 Å². The number of furan rings is 1. The van der Waals surface area contributed by atoms with Crippen molar-refractivity contribution in [1.82, 2.24) is 0 Å². The summed E-state index contributed by atoms with van der Waals surface area (Å²) in [6.45, 7) is 4.59. The molecule has 1 aromatic heterocycles. The smallest absolute Gasteiger partial charge is 0.126 e. The zero-order valence-corrected chi connectivity index (χ0v) is 10.2. The van der Waals surface area contributed by atoms with Crippen LogP contribution in [-0.4, -0.2) is 11.7 Å². The van der Waals surface area contributed by atoms with Crippen molar-refractivity contribution in [2.75, 3.05) is 6.61 Å². The molecule has 1 rings (SSSR count). The molecule has 1 N–H and O–H groups in total. The molecular formula is C14H22O2. The molecule has 0 aliphatic heterocycles. The zero-order chi connectivity index (χ0) is 11.8. The molecule has 0 bridgehead atoms. The Morgan fingerprint density at radius 2 is 2.31 bits per heavy atom. The van der Waals surface area contributed by atoms with Crippen LogP contribution >= 0.6 is 0 Å². The maximum Gasteiger partial charge on any atom is 0.126 e. The molecule has 0 unspecified atom stereocenters. The minimum absolute atomic E-state index is 0.268. The van der Waals surface area contributed by atoms with Gasteiger partial charge in [-0.3, -0.25) is 0 Å². The summed E-state index contributed by atoms with van der Waals surface area (Å²) in [6.07, 6.45) is 9.24. The number of unbranched alkanes of at least 4 members (excludes halogenated alkanes) is 1. The van der Waals surface area contributed by atoms with E-state index in [-0.39, 0.29) is 6.61 Å². The molecule has 16 heavy (non-hydrogen) atoms. The highest BCUT2D eigenvalue weighted by Crippen LogP contribution is 2.20. The van der Waals surface area contributed by atoms with Crippen molar-refractivity contribution in [3.63, 3.8) is 0 Å². The fourth-order valence-corrected chi connectivity index (χ4v) is 1.78. The first-order chi connectivity index (χ1) is 7.77. The lowest BCUT2D eigenvalue weighted by molar-refractivity contribution is 0.189. The molecule has 0 aliphatic rings. The first-order valence-corrected chi connectivity index (χ1v) is 6.10. The lowest BCUT2D eigenvalue weighted by Gasteiger charge is -2.18. The molecule has 0 saturated carbocycles. The molecule has 1 heterocycles. The van der Waals surface area contributed by atoms with Gasteiger partial charge in [0.15, 0.2) is 0 Å². The monoisotopic (exact) mass is 222 g/mol. The number of aliphatic hydroxyl groups excluding tert-OH is 1. The van der Waals surface area contributed by atoms with Crippen LogP contribution < -0.4 is 0 Å². The number of aliphatic hydroxyl groups is 1. The van der Waals surface area contributed by atoms with Gasteiger partial charge in [-0.2, -0.15) is 0 Å². The lowest BCUT2D eigenvalue weighted by Crippen LogP contribution is -2.14. The predicted molar refractivity (Wildman–Crippen MR) is 67.0 cm³/mol. The summed E-state index contributed by atoms with van der Waals surface area (Å²) in [6, 6.07) is 3.81. The molecule has 90 valence electrons. The third-order valence-electron chi connectivity index (χ3n) is 3.01. The summed E-state index contributed by atoms with van der Waals surface area (Å²) in [5.74, 6) is 1.63. The number of rotatable bonds is 7. The zero-order valence-electron chi connectivity index (χ0n) is 10.2. The summed E-state index contributed by atoms with van der Waals surface area (Å²) in [5.41, 5.74) is 0. The standard InChI is InChI=1S/C14H22O2/c1-3-4-6-13(11-15)12(2)8-9-14-7-5-10-16-14/h5,7-10,12-13,15H,3-4,6,11H2,1-2H3/b9-8+/t12-,13+/m0/s1. The molecule has 2 nitrogen and oxygen atoms in total. The van der Waals surface area contributed by atoms with Crippen LogP contribution in [0.1, 0.15) is 38.9 Å². The van der Waals surface area contributed by atoms with E-state index in [2.05, 4.69) is 19.9 Å². The van der Waals surface area contributed by atoms with Gasteiger partial charge in [0, 0.05) is 6.61 Å². The minimum atomic E-state index is 0.268. The van der Waals surface area contributed by atoms with E-state index in [1.807, 2.05) is 18.2 Å². The van der Waals surface area contributed by atoms with Crippen molar-refractivity contribution in [2.45, 2.75) is 33.1 Å². The minimum Gasteiger partial charge on any atom is -0.465 e. The third kappa shape index (κ3) is 4.23. The third-order valence-corrected chi connectivity index (χ3v) is 3.01. The summed E-state index contributed by atoms with van der Waals surface area (Å²) in [7, 11) is 0. The van der Waals surface area contributed by atoms with Crippen LogP contribution in [0.4, 0.5) is 0 Å². The van der Waals surface area contributed by atoms with Crippen molar-refractivity contribution in [3.8, 4) is 0 Å². The largest absolute Gasteiger partial charge is 0.465 e. The van der Waals surface area contributed by atoms with E-state index >= 15 is 0 Å². The molecule has 2 heteroatoms. The van der Waals surface area contributed by atoms with Crippen molar-refractivity contribution < 1.29 is 9.52 Å². The average molecular weight is 222 g/mol. The maximum absolute atomic E-state index is 9.32. The molecule has 2 atom stereocenters. The van der Waals surface area contributed by atoms with Gasteiger partial charge >= 0.3 is 0 Å². The first kappa shape index (κ1) is 13.0. The predicted octanol–water partition coefficient (Wildman–Crippen LogP) is 3.73. The second-order valence-electron chi connectivity index (χ2n) is 4.32. The highest BCUT2D eigenvalue weighted by molar-refractivity contribution is 5.42. The summed E-state index contributed by atoms with van der Waals surface area (Å²) in [5, 5.41) is 9.32. The van der Waals surface area contributed by atoms with Crippen molar-refractivity contribution in [2.24, 2.45) is 11.8 Å². The van der Waals surface area contributed by atoms with Gasteiger partial charge in [-0.05, 0) is 36.5 Å². The van der Waals surface area contributed by atoms with E-state index in [4.69, 9.17) is 4.42 Å². The van der Waals surface area contributed by atoms with Gasteiger partial charge in [0.25, 0.3) is 0 Å². The van der Waals surface area contributed by atoms with E-state index in [1.165, 1.54) is 12.8 Å². The van der Waals surface area contributed by atoms with Crippen molar-refractivity contribution in [1.29, 1.82) is 0 Å². The van der Waals surface area contributed by atoms with Crippen LogP contribution in [0, 0.1) is 11.8 Å². The van der Waals surface area contributed by atoms with E-state index in [0.29, 0.717) is 11.8 Å². The van der Waals surface area contributed by atoms with E-state index in [0.717, 1.165) is 12.2 Å². The Kier molecular flexibility index (Phi) is 5.94. The second-order valence-corrected chi connectivity index (χ2v) is 4.32. The normalized spacial score (nSPS) is 15.4. The van der Waals surface area contributed by atoms with Gasteiger partial charge in [-0.25, -0.2) is 0 Å². The van der Waals surface area contributed by atoms with Crippen LogP contribution in [0.15, 0.2) is 28.9 Å². The Labute approximate surface area is 98.0 Å². The molecule has 0 radical (unpaired) electrons. The summed E-state index contributed by atoms with van der Waals surface area (Å²) < 4.78 is 5.23. The quantitative estimate of drug-likeness (QED) is 0.762. The van der Waals surface area contributed by atoms with Gasteiger partial charge in [0.05, 0.1) is 6.26 Å². The lowest BCUT2D eigenvalue weighted by atomic mass is 9.89. The molecule has 0 spiro atoms. The van der Waals surface area contributed by atoms with E-state index < -0.39 is 0 Å². The molecule has 0 aromatic carbocycles. The van der Waals surface area contributed by atoms with Crippen molar-refractivity contribution in [3.05, 3.63) is 30.2 Å². The van der Waals surface area contributed by atoms with E-state index in [9.17, 15) is 5.11 Å². The van der Waals surface area contributed by atoms with Gasteiger partial charge in [0.2, 0.25) is 0 Å². The fourth-order valence-electron chi connectivity index (χ4n) is 1.78. The topological polar surface area (TPSA) is 33.4 Å². The average Bonchev–Trinajstić information content (AvgIpc) is 2.80. The highest BCUT2D eigenvalue weighted by Gasteiger charge is 2.13. The molecule has 0 amide bonds. The Bertz CT molecular complexity index is 288. The van der Waals surface area contributed by atoms with Crippen LogP contribution in [0.25, 0.3) is 6.08 Å². The van der Waals surface area contributed by atoms with Crippen LogP contribution in [0.3, 0.4) is 0 Å². The van der Waals surface area contributed by atoms with Crippen molar-refractivity contribution >= 4 is 6.08 Å². The van der Waals surface area contributed by atoms with Gasteiger partial charge in [-0.15, -0.1) is 0 Å². The SMILES string of the molecule is CCCC[C@H](CO)[C@@H](C)/C=C/c1ccco1. The first-order valence-electron chi connectivity index (χ1n) is 6.10. The molecule has 0 fully saturated rings. The number of allylic oxidation sites excluding steroid dienone is 1. The van der Waals surface area contributed by atoms with Gasteiger partial charge < -0.3 is 9.52 Å². The fraction of sp³-hybridized carbons (Fsp3) is 0.571. The molecular weight excluding hydrogens is 200 g/mol.